The lowest BCUT2D eigenvalue weighted by molar-refractivity contribution is 0.0865. The van der Waals surface area contributed by atoms with Gasteiger partial charge in [0.2, 0.25) is 0 Å². The second-order valence-corrected chi connectivity index (χ2v) is 8.04. The van der Waals surface area contributed by atoms with E-state index in [4.69, 9.17) is 0 Å². The van der Waals surface area contributed by atoms with Crippen LogP contribution in [0.15, 0.2) is 84.9 Å². The van der Waals surface area contributed by atoms with Crippen molar-refractivity contribution < 1.29 is 5.11 Å². The zero-order valence-electron chi connectivity index (χ0n) is 17.4. The predicted octanol–water partition coefficient (Wildman–Crippen LogP) is 5.47. The average molecular weight is 396 g/mol. The summed E-state index contributed by atoms with van der Waals surface area (Å²) in [7, 11) is 0. The number of hydrogen-bond acceptors (Lipinski definition) is 2. The molecule has 1 aliphatic rings. The quantitative estimate of drug-likeness (QED) is 0.579. The summed E-state index contributed by atoms with van der Waals surface area (Å²) in [5.41, 5.74) is 2.95. The van der Waals surface area contributed by atoms with Gasteiger partial charge < -0.3 is 5.11 Å². The molecular formula is C28H29NO. The summed E-state index contributed by atoms with van der Waals surface area (Å²) in [6.45, 7) is 3.06. The van der Waals surface area contributed by atoms with E-state index < -0.39 is 5.60 Å². The van der Waals surface area contributed by atoms with E-state index in [0.29, 0.717) is 6.42 Å². The van der Waals surface area contributed by atoms with Gasteiger partial charge in [0.25, 0.3) is 0 Å². The van der Waals surface area contributed by atoms with Crippen molar-refractivity contribution in [3.05, 3.63) is 96.1 Å². The van der Waals surface area contributed by atoms with Crippen molar-refractivity contribution in [1.82, 2.24) is 4.90 Å². The average Bonchev–Trinajstić information content (AvgIpc) is 2.83. The Kier molecular flexibility index (Phi) is 6.64. The lowest BCUT2D eigenvalue weighted by Gasteiger charge is -2.28. The highest BCUT2D eigenvalue weighted by Gasteiger charge is 2.30. The van der Waals surface area contributed by atoms with Crippen molar-refractivity contribution in [3.8, 4) is 23.0 Å². The number of piperidine rings is 1. The van der Waals surface area contributed by atoms with E-state index in [0.717, 1.165) is 36.3 Å². The molecule has 0 bridgehead atoms. The zero-order chi connectivity index (χ0) is 20.7. The molecule has 0 aromatic heterocycles. The molecule has 1 saturated heterocycles. The number of benzene rings is 3. The molecule has 0 saturated carbocycles. The molecule has 0 radical (unpaired) electrons. The van der Waals surface area contributed by atoms with E-state index >= 15 is 0 Å². The molecule has 0 spiro atoms. The van der Waals surface area contributed by atoms with Gasteiger partial charge in [-0.25, -0.2) is 0 Å². The lowest BCUT2D eigenvalue weighted by atomic mass is 9.83. The Morgan fingerprint density at radius 1 is 0.667 bits per heavy atom. The van der Waals surface area contributed by atoms with Gasteiger partial charge in [0.05, 0.1) is 6.54 Å². The maximum absolute atomic E-state index is 11.7. The molecule has 0 amide bonds. The minimum Gasteiger partial charge on any atom is -0.379 e. The molecule has 1 aliphatic heterocycles. The van der Waals surface area contributed by atoms with E-state index in [-0.39, 0.29) is 0 Å². The highest BCUT2D eigenvalue weighted by atomic mass is 16.3. The van der Waals surface area contributed by atoms with Crippen molar-refractivity contribution in [2.75, 3.05) is 19.6 Å². The summed E-state index contributed by atoms with van der Waals surface area (Å²) >= 11 is 0. The molecular weight excluding hydrogens is 366 g/mol. The summed E-state index contributed by atoms with van der Waals surface area (Å²) in [5, 5.41) is 11.7. The third-order valence-electron chi connectivity index (χ3n) is 5.94. The molecule has 152 valence electrons. The summed E-state index contributed by atoms with van der Waals surface area (Å²) < 4.78 is 0. The van der Waals surface area contributed by atoms with Gasteiger partial charge >= 0.3 is 0 Å². The third-order valence-corrected chi connectivity index (χ3v) is 5.94. The van der Waals surface area contributed by atoms with E-state index in [1.807, 2.05) is 60.7 Å². The lowest BCUT2D eigenvalue weighted by Crippen LogP contribution is -2.30. The topological polar surface area (TPSA) is 23.5 Å². The fourth-order valence-corrected chi connectivity index (χ4v) is 4.13. The Morgan fingerprint density at radius 3 is 1.90 bits per heavy atom. The largest absolute Gasteiger partial charge is 0.379 e. The van der Waals surface area contributed by atoms with Crippen LogP contribution >= 0.6 is 0 Å². The smallest absolute Gasteiger partial charge is 0.125 e. The molecule has 0 unspecified atom stereocenters. The molecule has 30 heavy (non-hydrogen) atoms. The number of rotatable bonds is 5. The molecule has 4 rings (SSSR count). The van der Waals surface area contributed by atoms with Gasteiger partial charge in [-0.1, -0.05) is 103 Å². The second kappa shape index (κ2) is 9.76. The molecule has 1 heterocycles. The number of aliphatic hydroxyl groups is 1. The molecule has 1 fully saturated rings. The highest BCUT2D eigenvalue weighted by molar-refractivity contribution is 5.64. The van der Waals surface area contributed by atoms with Crippen LogP contribution in [-0.4, -0.2) is 29.6 Å². The van der Waals surface area contributed by atoms with Crippen molar-refractivity contribution in [2.24, 2.45) is 0 Å². The van der Waals surface area contributed by atoms with Crippen molar-refractivity contribution >= 4 is 0 Å². The third kappa shape index (κ3) is 4.82. The molecule has 2 heteroatoms. The minimum absolute atomic E-state index is 0.384. The van der Waals surface area contributed by atoms with Crippen LogP contribution < -0.4 is 0 Å². The Balaban J connectivity index is 1.57. The Morgan fingerprint density at radius 2 is 1.23 bits per heavy atom. The van der Waals surface area contributed by atoms with Crippen LogP contribution in [0.2, 0.25) is 0 Å². The van der Waals surface area contributed by atoms with Crippen molar-refractivity contribution in [2.45, 2.75) is 31.3 Å². The van der Waals surface area contributed by atoms with Gasteiger partial charge in [-0.05, 0) is 48.2 Å². The van der Waals surface area contributed by atoms with Crippen LogP contribution in [0.5, 0.6) is 0 Å². The molecule has 1 atom stereocenters. The van der Waals surface area contributed by atoms with Gasteiger partial charge in [-0.3, -0.25) is 4.90 Å². The summed E-state index contributed by atoms with van der Waals surface area (Å²) in [5.74, 6) is 6.58. The van der Waals surface area contributed by atoms with Gasteiger partial charge in [0, 0.05) is 6.42 Å². The molecule has 2 nitrogen and oxygen atoms in total. The number of likely N-dealkylation sites (tertiary alicyclic amines) is 1. The Hall–Kier alpha value is -2.86. The van der Waals surface area contributed by atoms with Crippen LogP contribution in [0.4, 0.5) is 0 Å². The van der Waals surface area contributed by atoms with E-state index in [1.54, 1.807) is 0 Å². The highest BCUT2D eigenvalue weighted by Crippen LogP contribution is 2.34. The standard InChI is InChI=1S/C28H29NO/c30-28(26-14-6-2-7-15-26,20-8-11-23-29-21-9-3-10-22-29)27-18-16-25(17-19-27)24-12-4-1-5-13-24/h1-2,4-7,12-19,30H,3,9-10,20-23H2/t28-/m1/s1. The van der Waals surface area contributed by atoms with Crippen LogP contribution in [-0.2, 0) is 5.60 Å². The van der Waals surface area contributed by atoms with Crippen molar-refractivity contribution in [3.63, 3.8) is 0 Å². The Labute approximate surface area is 180 Å². The number of hydrogen-bond donors (Lipinski definition) is 1. The van der Waals surface area contributed by atoms with Gasteiger partial charge in [0.15, 0.2) is 0 Å². The fraction of sp³-hybridized carbons (Fsp3) is 0.286. The van der Waals surface area contributed by atoms with Crippen LogP contribution in [0.1, 0.15) is 36.8 Å². The normalized spacial score (nSPS) is 16.3. The maximum Gasteiger partial charge on any atom is 0.125 e. The summed E-state index contributed by atoms with van der Waals surface area (Å²) in [6.07, 6.45) is 4.25. The van der Waals surface area contributed by atoms with Gasteiger partial charge in [-0.2, -0.15) is 0 Å². The molecule has 0 aliphatic carbocycles. The Bertz CT molecular complexity index is 980. The van der Waals surface area contributed by atoms with Gasteiger partial charge in [-0.15, -0.1) is 0 Å². The molecule has 3 aromatic rings. The van der Waals surface area contributed by atoms with Crippen LogP contribution in [0.3, 0.4) is 0 Å². The maximum atomic E-state index is 11.7. The predicted molar refractivity (Wildman–Crippen MR) is 124 cm³/mol. The minimum atomic E-state index is -1.12. The van der Waals surface area contributed by atoms with Crippen LogP contribution in [0.25, 0.3) is 11.1 Å². The first-order valence-corrected chi connectivity index (χ1v) is 10.9. The zero-order valence-corrected chi connectivity index (χ0v) is 17.4. The second-order valence-electron chi connectivity index (χ2n) is 8.04. The van der Waals surface area contributed by atoms with Crippen molar-refractivity contribution in [1.29, 1.82) is 0 Å². The SMILES string of the molecule is O[C@](CC#CCN1CCCCC1)(c1ccccc1)c1ccc(-c2ccccc2)cc1. The van der Waals surface area contributed by atoms with E-state index in [2.05, 4.69) is 41.0 Å². The summed E-state index contributed by atoms with van der Waals surface area (Å²) in [4.78, 5) is 2.41. The molecule has 1 N–H and O–H groups in total. The first kappa shape index (κ1) is 20.4. The fourth-order valence-electron chi connectivity index (χ4n) is 4.13. The first-order valence-electron chi connectivity index (χ1n) is 10.9. The van der Waals surface area contributed by atoms with E-state index in [9.17, 15) is 5.11 Å². The first-order chi connectivity index (χ1) is 14.8. The van der Waals surface area contributed by atoms with Gasteiger partial charge in [0.1, 0.15) is 5.60 Å². The van der Waals surface area contributed by atoms with Crippen LogP contribution in [0, 0.1) is 11.8 Å². The van der Waals surface area contributed by atoms with E-state index in [1.165, 1.54) is 24.8 Å². The monoisotopic (exact) mass is 395 g/mol. The summed E-state index contributed by atoms with van der Waals surface area (Å²) in [6, 6.07) is 28.4. The molecule has 3 aromatic carbocycles. The number of nitrogens with zero attached hydrogens (tertiary/aromatic N) is 1.